The zero-order chi connectivity index (χ0) is 11.0. The maximum Gasteiger partial charge on any atom is 0.134 e. The lowest BCUT2D eigenvalue weighted by molar-refractivity contribution is 0.402. The molecule has 0 spiro atoms. The van der Waals surface area contributed by atoms with Crippen molar-refractivity contribution in [1.82, 2.24) is 20.1 Å². The van der Waals surface area contributed by atoms with E-state index in [9.17, 15) is 0 Å². The summed E-state index contributed by atoms with van der Waals surface area (Å²) in [4.78, 5) is 0. The largest absolute Gasteiger partial charge is 0.315 e. The van der Waals surface area contributed by atoms with Crippen LogP contribution in [0.25, 0.3) is 0 Å². The Kier molecular flexibility index (Phi) is 2.67. The highest BCUT2D eigenvalue weighted by Gasteiger charge is 2.22. The first-order valence-electron chi connectivity index (χ1n) is 6.47. The van der Waals surface area contributed by atoms with Crippen molar-refractivity contribution >= 4 is 0 Å². The van der Waals surface area contributed by atoms with E-state index in [0.717, 1.165) is 37.9 Å². The maximum absolute atomic E-state index is 4.32. The minimum atomic E-state index is 0.772. The summed E-state index contributed by atoms with van der Waals surface area (Å²) >= 11 is 0. The predicted molar refractivity (Wildman–Crippen MR) is 62.2 cm³/mol. The topological polar surface area (TPSA) is 42.7 Å². The first-order valence-corrected chi connectivity index (χ1v) is 6.47. The third kappa shape index (κ3) is 2.12. The summed E-state index contributed by atoms with van der Waals surface area (Å²) in [6.45, 7) is 4.47. The van der Waals surface area contributed by atoms with Crippen molar-refractivity contribution in [3.63, 3.8) is 0 Å². The molecule has 1 fully saturated rings. The van der Waals surface area contributed by atoms with Gasteiger partial charge < -0.3 is 9.88 Å². The second-order valence-electron chi connectivity index (χ2n) is 5.26. The molecule has 1 aromatic heterocycles. The number of nitrogens with one attached hydrogen (secondary N) is 1. The second kappa shape index (κ2) is 4.17. The van der Waals surface area contributed by atoms with Gasteiger partial charge in [0.1, 0.15) is 11.6 Å². The van der Waals surface area contributed by atoms with E-state index in [2.05, 4.69) is 27.0 Å². The molecule has 1 N–H and O–H groups in total. The van der Waals surface area contributed by atoms with Gasteiger partial charge in [-0.3, -0.25) is 0 Å². The lowest BCUT2D eigenvalue weighted by atomic mass is 10.0. The van der Waals surface area contributed by atoms with Gasteiger partial charge >= 0.3 is 0 Å². The summed E-state index contributed by atoms with van der Waals surface area (Å²) in [5, 5.41) is 12.2. The standard InChI is InChI=1S/C12H20N4/c1-9-5-7-16-11(14-15-12(16)8-9)4-6-13-10-2-3-10/h9-10,13H,2-8H2,1H3. The number of nitrogens with zero attached hydrogens (tertiary/aromatic N) is 3. The average Bonchev–Trinajstić information content (AvgIpc) is 3.00. The van der Waals surface area contributed by atoms with Crippen molar-refractivity contribution in [3.8, 4) is 0 Å². The van der Waals surface area contributed by atoms with Crippen LogP contribution in [0.15, 0.2) is 0 Å². The molecule has 2 heterocycles. The Bertz CT molecular complexity index is 367. The van der Waals surface area contributed by atoms with E-state index in [1.807, 2.05) is 0 Å². The molecule has 16 heavy (non-hydrogen) atoms. The summed E-state index contributed by atoms with van der Waals surface area (Å²) in [6, 6.07) is 0.795. The molecular weight excluding hydrogens is 200 g/mol. The van der Waals surface area contributed by atoms with Crippen LogP contribution < -0.4 is 5.32 Å². The van der Waals surface area contributed by atoms with Gasteiger partial charge in [0, 0.05) is 32.0 Å². The number of rotatable bonds is 4. The van der Waals surface area contributed by atoms with Crippen molar-refractivity contribution in [2.45, 2.75) is 51.6 Å². The molecule has 0 amide bonds. The average molecular weight is 220 g/mol. The SMILES string of the molecule is CC1CCn2c(CCNC3CC3)nnc2C1. The fourth-order valence-corrected chi connectivity index (χ4v) is 2.41. The molecule has 0 aromatic carbocycles. The molecule has 88 valence electrons. The monoisotopic (exact) mass is 220 g/mol. The van der Waals surface area contributed by atoms with Crippen molar-refractivity contribution < 1.29 is 0 Å². The van der Waals surface area contributed by atoms with Crippen LogP contribution in [0.2, 0.25) is 0 Å². The molecule has 1 aromatic rings. The first-order chi connectivity index (χ1) is 7.83. The van der Waals surface area contributed by atoms with E-state index in [-0.39, 0.29) is 0 Å². The van der Waals surface area contributed by atoms with Gasteiger partial charge in [0.2, 0.25) is 0 Å². The van der Waals surface area contributed by atoms with Crippen LogP contribution >= 0.6 is 0 Å². The smallest absolute Gasteiger partial charge is 0.134 e. The zero-order valence-electron chi connectivity index (χ0n) is 9.95. The minimum Gasteiger partial charge on any atom is -0.315 e. The van der Waals surface area contributed by atoms with Gasteiger partial charge in [0.05, 0.1) is 0 Å². The third-order valence-electron chi connectivity index (χ3n) is 3.64. The second-order valence-corrected chi connectivity index (χ2v) is 5.26. The van der Waals surface area contributed by atoms with Gasteiger partial charge in [0.25, 0.3) is 0 Å². The van der Waals surface area contributed by atoms with E-state index < -0.39 is 0 Å². The molecule has 4 nitrogen and oxygen atoms in total. The highest BCUT2D eigenvalue weighted by Crippen LogP contribution is 2.20. The Hall–Kier alpha value is -0.900. The third-order valence-corrected chi connectivity index (χ3v) is 3.64. The van der Waals surface area contributed by atoms with Crippen LogP contribution in [-0.2, 0) is 19.4 Å². The molecule has 0 saturated heterocycles. The van der Waals surface area contributed by atoms with Gasteiger partial charge in [-0.15, -0.1) is 10.2 Å². The molecule has 1 aliphatic carbocycles. The normalized spacial score (nSPS) is 24.4. The van der Waals surface area contributed by atoms with Crippen LogP contribution in [0.1, 0.15) is 37.8 Å². The van der Waals surface area contributed by atoms with E-state index in [0.29, 0.717) is 0 Å². The van der Waals surface area contributed by atoms with Gasteiger partial charge in [-0.2, -0.15) is 0 Å². The summed E-state index contributed by atoms with van der Waals surface area (Å²) in [5.74, 6) is 3.14. The molecule has 2 aliphatic rings. The van der Waals surface area contributed by atoms with E-state index in [1.54, 1.807) is 0 Å². The minimum absolute atomic E-state index is 0.772. The number of aromatic nitrogens is 3. The molecule has 4 heteroatoms. The van der Waals surface area contributed by atoms with Crippen LogP contribution in [0.4, 0.5) is 0 Å². The van der Waals surface area contributed by atoms with E-state index in [4.69, 9.17) is 0 Å². The molecule has 1 unspecified atom stereocenters. The maximum atomic E-state index is 4.32. The Morgan fingerprint density at radius 1 is 1.31 bits per heavy atom. The quantitative estimate of drug-likeness (QED) is 0.828. The highest BCUT2D eigenvalue weighted by atomic mass is 15.3. The molecule has 1 atom stereocenters. The fourth-order valence-electron chi connectivity index (χ4n) is 2.41. The first kappa shape index (κ1) is 10.3. The Labute approximate surface area is 96.4 Å². The zero-order valence-corrected chi connectivity index (χ0v) is 9.95. The Morgan fingerprint density at radius 3 is 3.00 bits per heavy atom. The van der Waals surface area contributed by atoms with Gasteiger partial charge in [-0.1, -0.05) is 6.92 Å². The summed E-state index contributed by atoms with van der Waals surface area (Å²) in [6.07, 6.45) is 6.11. The number of fused-ring (bicyclic) bond motifs is 1. The molecular formula is C12H20N4. The lowest BCUT2D eigenvalue weighted by Gasteiger charge is -2.20. The van der Waals surface area contributed by atoms with Crippen LogP contribution in [0, 0.1) is 5.92 Å². The highest BCUT2D eigenvalue weighted by molar-refractivity contribution is 5.00. The van der Waals surface area contributed by atoms with E-state index >= 15 is 0 Å². The van der Waals surface area contributed by atoms with Gasteiger partial charge in [0.15, 0.2) is 0 Å². The fraction of sp³-hybridized carbons (Fsp3) is 0.833. The summed E-state index contributed by atoms with van der Waals surface area (Å²) in [5.41, 5.74) is 0. The summed E-state index contributed by atoms with van der Waals surface area (Å²) < 4.78 is 2.33. The molecule has 3 rings (SSSR count). The molecule has 0 radical (unpaired) electrons. The van der Waals surface area contributed by atoms with Crippen molar-refractivity contribution in [3.05, 3.63) is 11.6 Å². The van der Waals surface area contributed by atoms with Crippen LogP contribution in [-0.4, -0.2) is 27.4 Å². The van der Waals surface area contributed by atoms with Crippen molar-refractivity contribution in [2.24, 2.45) is 5.92 Å². The molecule has 1 saturated carbocycles. The van der Waals surface area contributed by atoms with Gasteiger partial charge in [-0.25, -0.2) is 0 Å². The van der Waals surface area contributed by atoms with Crippen LogP contribution in [0.5, 0.6) is 0 Å². The Morgan fingerprint density at radius 2 is 2.19 bits per heavy atom. The Balaban J connectivity index is 1.61. The number of hydrogen-bond acceptors (Lipinski definition) is 3. The van der Waals surface area contributed by atoms with Crippen molar-refractivity contribution in [1.29, 1.82) is 0 Å². The molecule has 0 bridgehead atoms. The van der Waals surface area contributed by atoms with Gasteiger partial charge in [-0.05, 0) is 25.2 Å². The number of hydrogen-bond donors (Lipinski definition) is 1. The lowest BCUT2D eigenvalue weighted by Crippen LogP contribution is -2.23. The van der Waals surface area contributed by atoms with E-state index in [1.165, 1.54) is 30.9 Å². The van der Waals surface area contributed by atoms with Crippen molar-refractivity contribution in [2.75, 3.05) is 6.54 Å². The summed E-state index contributed by atoms with van der Waals surface area (Å²) in [7, 11) is 0. The predicted octanol–water partition coefficient (Wildman–Crippen LogP) is 1.15. The van der Waals surface area contributed by atoms with Crippen LogP contribution in [0.3, 0.4) is 0 Å². The molecule has 1 aliphatic heterocycles.